The molecule has 0 aliphatic carbocycles. The zero-order chi connectivity index (χ0) is 15.2. The first-order chi connectivity index (χ1) is 10.1. The van der Waals surface area contributed by atoms with Crippen LogP contribution >= 0.6 is 11.6 Å². The lowest BCUT2D eigenvalue weighted by Gasteiger charge is -2.34. The molecule has 5 heteroatoms. The summed E-state index contributed by atoms with van der Waals surface area (Å²) in [5.41, 5.74) is 0.784. The molecule has 2 rings (SSSR count). The third-order valence-electron chi connectivity index (χ3n) is 3.83. The maximum atomic E-state index is 13.7. The molecule has 1 saturated heterocycles. The van der Waals surface area contributed by atoms with Crippen molar-refractivity contribution in [2.45, 2.75) is 38.6 Å². The Morgan fingerprint density at radius 2 is 2.10 bits per heavy atom. The van der Waals surface area contributed by atoms with E-state index in [1.165, 1.54) is 12.5 Å². The summed E-state index contributed by atoms with van der Waals surface area (Å²) in [6.45, 7) is 4.00. The molecular weight excluding hydrogens is 293 g/mol. The van der Waals surface area contributed by atoms with Crippen molar-refractivity contribution in [2.75, 3.05) is 19.7 Å². The van der Waals surface area contributed by atoms with Gasteiger partial charge in [-0.1, -0.05) is 24.1 Å². The van der Waals surface area contributed by atoms with E-state index in [0.717, 1.165) is 31.5 Å². The predicted molar refractivity (Wildman–Crippen MR) is 80.8 cm³/mol. The molecule has 1 aliphatic heterocycles. The summed E-state index contributed by atoms with van der Waals surface area (Å²) in [4.78, 5) is 14.1. The van der Waals surface area contributed by atoms with E-state index in [1.54, 1.807) is 19.1 Å². The molecule has 3 nitrogen and oxygen atoms in total. The summed E-state index contributed by atoms with van der Waals surface area (Å²) in [6, 6.07) is 4.63. The Morgan fingerprint density at radius 3 is 2.71 bits per heavy atom. The molecule has 116 valence electrons. The van der Waals surface area contributed by atoms with E-state index in [-0.39, 0.29) is 23.5 Å². The number of carbonyl (C=O) groups is 1. The summed E-state index contributed by atoms with van der Waals surface area (Å²) < 4.78 is 18.8. The zero-order valence-electron chi connectivity index (χ0n) is 12.3. The lowest BCUT2D eigenvalue weighted by atomic mass is 9.99. The fraction of sp³-hybridized carbons (Fsp3) is 0.562. The summed E-state index contributed by atoms with van der Waals surface area (Å²) in [5.74, 6) is -0.691. The van der Waals surface area contributed by atoms with Crippen LogP contribution in [0.1, 0.15) is 44.2 Å². The Labute approximate surface area is 130 Å². The minimum atomic E-state index is -0.444. The lowest BCUT2D eigenvalue weighted by Crippen LogP contribution is -2.35. The predicted octanol–water partition coefficient (Wildman–Crippen LogP) is 3.96. The Kier molecular flexibility index (Phi) is 6.00. The van der Waals surface area contributed by atoms with Gasteiger partial charge in [0.05, 0.1) is 18.1 Å². The molecule has 1 atom stereocenters. The topological polar surface area (TPSA) is 29.5 Å². The minimum absolute atomic E-state index is 0.104. The largest absolute Gasteiger partial charge is 0.466 e. The third kappa shape index (κ3) is 4.42. The number of halogens is 2. The summed E-state index contributed by atoms with van der Waals surface area (Å²) >= 11 is 5.75. The van der Waals surface area contributed by atoms with Crippen molar-refractivity contribution in [2.24, 2.45) is 0 Å². The van der Waals surface area contributed by atoms with Crippen LogP contribution in [0.3, 0.4) is 0 Å². The number of ether oxygens (including phenoxy) is 1. The minimum Gasteiger partial charge on any atom is -0.466 e. The average Bonchev–Trinajstić information content (AvgIpc) is 2.49. The van der Waals surface area contributed by atoms with Gasteiger partial charge in [0.1, 0.15) is 5.82 Å². The third-order valence-corrected chi connectivity index (χ3v) is 4.13. The van der Waals surface area contributed by atoms with E-state index >= 15 is 0 Å². The van der Waals surface area contributed by atoms with Gasteiger partial charge in [-0.05, 0) is 50.6 Å². The maximum absolute atomic E-state index is 13.7. The van der Waals surface area contributed by atoms with Gasteiger partial charge < -0.3 is 4.74 Å². The molecule has 1 aromatic carbocycles. The van der Waals surface area contributed by atoms with Crippen molar-refractivity contribution < 1.29 is 13.9 Å². The molecule has 0 amide bonds. The van der Waals surface area contributed by atoms with Gasteiger partial charge in [-0.3, -0.25) is 9.69 Å². The summed E-state index contributed by atoms with van der Waals surface area (Å²) in [7, 11) is 0. The summed E-state index contributed by atoms with van der Waals surface area (Å²) in [6.07, 6.45) is 3.66. The molecule has 1 fully saturated rings. The first kappa shape index (κ1) is 16.2. The van der Waals surface area contributed by atoms with E-state index in [0.29, 0.717) is 6.61 Å². The molecule has 1 heterocycles. The monoisotopic (exact) mass is 313 g/mol. The van der Waals surface area contributed by atoms with Crippen LogP contribution in [0.2, 0.25) is 5.02 Å². The highest BCUT2D eigenvalue weighted by Crippen LogP contribution is 2.30. The second kappa shape index (κ2) is 7.76. The molecule has 0 bridgehead atoms. The quantitative estimate of drug-likeness (QED) is 0.771. The first-order valence-corrected chi connectivity index (χ1v) is 7.84. The normalized spacial score (nSPS) is 17.5. The number of nitrogens with zero attached hydrogens (tertiary/aromatic N) is 1. The lowest BCUT2D eigenvalue weighted by molar-refractivity contribution is -0.144. The standard InChI is InChI=1S/C16H21ClFNO2/c1-2-21-16(20)11-15(19-8-4-3-5-9-19)12-6-7-13(17)14(18)10-12/h6-7,10,15H,2-5,8-9,11H2,1H3. The van der Waals surface area contributed by atoms with Crippen LogP contribution < -0.4 is 0 Å². The molecule has 1 aliphatic rings. The smallest absolute Gasteiger partial charge is 0.307 e. The number of esters is 1. The molecule has 0 radical (unpaired) electrons. The highest BCUT2D eigenvalue weighted by atomic mass is 35.5. The number of benzene rings is 1. The zero-order valence-corrected chi connectivity index (χ0v) is 13.0. The van der Waals surface area contributed by atoms with Gasteiger partial charge in [0.15, 0.2) is 0 Å². The van der Waals surface area contributed by atoms with Crippen molar-refractivity contribution in [1.29, 1.82) is 0 Å². The van der Waals surface area contributed by atoms with E-state index in [2.05, 4.69) is 4.90 Å². The number of likely N-dealkylation sites (tertiary alicyclic amines) is 1. The second-order valence-corrected chi connectivity index (χ2v) is 5.70. The highest BCUT2D eigenvalue weighted by molar-refractivity contribution is 6.30. The van der Waals surface area contributed by atoms with Gasteiger partial charge >= 0.3 is 5.97 Å². The average molecular weight is 314 g/mol. The van der Waals surface area contributed by atoms with Crippen molar-refractivity contribution in [1.82, 2.24) is 4.90 Å². The van der Waals surface area contributed by atoms with Crippen LogP contribution in [-0.4, -0.2) is 30.6 Å². The molecule has 21 heavy (non-hydrogen) atoms. The molecule has 0 spiro atoms. The summed E-state index contributed by atoms with van der Waals surface area (Å²) in [5, 5.41) is 0.104. The number of carbonyl (C=O) groups excluding carboxylic acids is 1. The Morgan fingerprint density at radius 1 is 1.38 bits per heavy atom. The van der Waals surface area contributed by atoms with Crippen LogP contribution in [0.25, 0.3) is 0 Å². The fourth-order valence-corrected chi connectivity index (χ4v) is 2.90. The van der Waals surface area contributed by atoms with Crippen molar-refractivity contribution in [3.63, 3.8) is 0 Å². The van der Waals surface area contributed by atoms with Gasteiger partial charge in [0.25, 0.3) is 0 Å². The number of rotatable bonds is 5. The van der Waals surface area contributed by atoms with Gasteiger partial charge in [-0.15, -0.1) is 0 Å². The SMILES string of the molecule is CCOC(=O)CC(c1ccc(Cl)c(F)c1)N1CCCCC1. The van der Waals surface area contributed by atoms with Crippen LogP contribution in [0, 0.1) is 5.82 Å². The van der Waals surface area contributed by atoms with Crippen LogP contribution in [0.4, 0.5) is 4.39 Å². The Balaban J connectivity index is 2.20. The van der Waals surface area contributed by atoms with E-state index in [4.69, 9.17) is 16.3 Å². The van der Waals surface area contributed by atoms with Crippen molar-refractivity contribution >= 4 is 17.6 Å². The van der Waals surface area contributed by atoms with Crippen LogP contribution in [-0.2, 0) is 9.53 Å². The molecule has 1 aromatic rings. The van der Waals surface area contributed by atoms with E-state index in [1.807, 2.05) is 0 Å². The first-order valence-electron chi connectivity index (χ1n) is 7.46. The van der Waals surface area contributed by atoms with Gasteiger partial charge in [0.2, 0.25) is 0 Å². The molecule has 1 unspecified atom stereocenters. The Hall–Kier alpha value is -1.13. The molecule has 0 aromatic heterocycles. The van der Waals surface area contributed by atoms with Crippen molar-refractivity contribution in [3.05, 3.63) is 34.6 Å². The molecular formula is C16H21ClFNO2. The van der Waals surface area contributed by atoms with Crippen LogP contribution in [0.5, 0.6) is 0 Å². The van der Waals surface area contributed by atoms with E-state index < -0.39 is 5.82 Å². The number of piperidine rings is 1. The fourth-order valence-electron chi connectivity index (χ4n) is 2.79. The number of hydrogen-bond acceptors (Lipinski definition) is 3. The van der Waals surface area contributed by atoms with E-state index in [9.17, 15) is 9.18 Å². The second-order valence-electron chi connectivity index (χ2n) is 5.30. The van der Waals surface area contributed by atoms with Gasteiger partial charge in [-0.25, -0.2) is 4.39 Å². The molecule has 0 N–H and O–H groups in total. The highest BCUT2D eigenvalue weighted by Gasteiger charge is 2.26. The van der Waals surface area contributed by atoms with Gasteiger partial charge in [0, 0.05) is 6.04 Å². The number of hydrogen-bond donors (Lipinski definition) is 0. The van der Waals surface area contributed by atoms with Crippen LogP contribution in [0.15, 0.2) is 18.2 Å². The maximum Gasteiger partial charge on any atom is 0.307 e. The Bertz CT molecular complexity index is 489. The molecule has 0 saturated carbocycles. The van der Waals surface area contributed by atoms with Crippen molar-refractivity contribution in [3.8, 4) is 0 Å². The van der Waals surface area contributed by atoms with Gasteiger partial charge in [-0.2, -0.15) is 0 Å².